The Morgan fingerprint density at radius 1 is 0.242 bits per heavy atom. The largest absolute Gasteiger partial charge is 0.310 e. The maximum Gasteiger partial charge on any atom is 0.0726 e. The monoisotopic (exact) mass is 787 g/mol. The van der Waals surface area contributed by atoms with Gasteiger partial charge in [-0.1, -0.05) is 212 Å². The van der Waals surface area contributed by atoms with E-state index in [2.05, 4.69) is 254 Å². The number of rotatable bonds is 7. The number of nitrogens with zero attached hydrogens (tertiary/aromatic N) is 1. The molecule has 0 bridgehead atoms. The van der Waals surface area contributed by atoms with Crippen molar-refractivity contribution in [2.24, 2.45) is 0 Å². The summed E-state index contributed by atoms with van der Waals surface area (Å²) in [5.74, 6) is 0. The van der Waals surface area contributed by atoms with Crippen LogP contribution in [0.2, 0.25) is 0 Å². The standard InChI is InChI=1S/C61H41N/c1-5-18-42(19-6-1)44-32-36-48(37-33-44)62(49-38-34-45(35-39-49)43-20-7-2-8-21-43)59-41-58-54(40-53(59)47-24-11-4-12-25-47)60-50(46-22-9-3-10-23-46)28-17-31-57(60)61(58)55-29-15-13-26-51(55)52-27-14-16-30-56(52)61/h1-41H. The summed E-state index contributed by atoms with van der Waals surface area (Å²) in [7, 11) is 0. The first-order valence-corrected chi connectivity index (χ1v) is 21.5. The second-order valence-electron chi connectivity index (χ2n) is 16.4. The fourth-order valence-corrected chi connectivity index (χ4v) is 10.4. The van der Waals surface area contributed by atoms with Gasteiger partial charge >= 0.3 is 0 Å². The van der Waals surface area contributed by atoms with Crippen LogP contribution in [0.3, 0.4) is 0 Å². The lowest BCUT2D eigenvalue weighted by Gasteiger charge is -2.33. The smallest absolute Gasteiger partial charge is 0.0726 e. The molecular weight excluding hydrogens is 747 g/mol. The zero-order valence-electron chi connectivity index (χ0n) is 34.1. The molecule has 0 heterocycles. The van der Waals surface area contributed by atoms with E-state index >= 15 is 0 Å². The third-order valence-corrected chi connectivity index (χ3v) is 13.1. The minimum atomic E-state index is -0.535. The first-order chi connectivity index (χ1) is 30.8. The van der Waals surface area contributed by atoms with Crippen LogP contribution in [0.1, 0.15) is 22.3 Å². The van der Waals surface area contributed by atoms with E-state index in [4.69, 9.17) is 0 Å². The number of benzene rings is 10. The Hall–Kier alpha value is -8.00. The lowest BCUT2D eigenvalue weighted by Crippen LogP contribution is -2.26. The van der Waals surface area contributed by atoms with Gasteiger partial charge in [-0.15, -0.1) is 0 Å². The molecule has 0 fully saturated rings. The van der Waals surface area contributed by atoms with E-state index in [0.29, 0.717) is 0 Å². The van der Waals surface area contributed by atoms with Crippen LogP contribution in [0.4, 0.5) is 17.1 Å². The molecule has 0 aliphatic heterocycles. The summed E-state index contributed by atoms with van der Waals surface area (Å²) in [6.45, 7) is 0. The van der Waals surface area contributed by atoms with Gasteiger partial charge in [0.15, 0.2) is 0 Å². The highest BCUT2D eigenvalue weighted by Gasteiger charge is 2.52. The second-order valence-corrected chi connectivity index (χ2v) is 16.4. The van der Waals surface area contributed by atoms with Gasteiger partial charge < -0.3 is 4.90 Å². The summed E-state index contributed by atoms with van der Waals surface area (Å²) in [6, 6.07) is 91.6. The van der Waals surface area contributed by atoms with Gasteiger partial charge in [-0.25, -0.2) is 0 Å². The van der Waals surface area contributed by atoms with Gasteiger partial charge in [0.05, 0.1) is 11.1 Å². The number of fused-ring (bicyclic) bond motifs is 10. The Labute approximate surface area is 363 Å². The molecule has 0 atom stereocenters. The first-order valence-electron chi connectivity index (χ1n) is 21.5. The number of hydrogen-bond donors (Lipinski definition) is 0. The summed E-state index contributed by atoms with van der Waals surface area (Å²) in [4.78, 5) is 2.48. The molecule has 0 N–H and O–H groups in total. The van der Waals surface area contributed by atoms with Crippen LogP contribution < -0.4 is 4.90 Å². The van der Waals surface area contributed by atoms with Crippen molar-refractivity contribution in [3.8, 4) is 66.8 Å². The maximum atomic E-state index is 2.54. The molecule has 12 rings (SSSR count). The minimum absolute atomic E-state index is 0.535. The minimum Gasteiger partial charge on any atom is -0.310 e. The molecule has 290 valence electrons. The Morgan fingerprint density at radius 3 is 1.13 bits per heavy atom. The zero-order valence-corrected chi connectivity index (χ0v) is 34.1. The van der Waals surface area contributed by atoms with E-state index in [9.17, 15) is 0 Å². The molecule has 1 heteroatoms. The summed E-state index contributed by atoms with van der Waals surface area (Å²) < 4.78 is 0. The van der Waals surface area contributed by atoms with Crippen LogP contribution in [0.15, 0.2) is 249 Å². The number of hydrogen-bond acceptors (Lipinski definition) is 1. The van der Waals surface area contributed by atoms with Crippen LogP contribution in [-0.2, 0) is 5.41 Å². The molecule has 0 saturated carbocycles. The summed E-state index contributed by atoms with van der Waals surface area (Å²) in [5.41, 5.74) is 22.8. The Morgan fingerprint density at radius 2 is 0.629 bits per heavy atom. The molecule has 10 aromatic carbocycles. The molecule has 0 amide bonds. The average Bonchev–Trinajstić information content (AvgIpc) is 3.82. The van der Waals surface area contributed by atoms with E-state index in [1.54, 1.807) is 0 Å². The number of anilines is 3. The topological polar surface area (TPSA) is 3.24 Å². The summed E-state index contributed by atoms with van der Waals surface area (Å²) in [5, 5.41) is 0. The van der Waals surface area contributed by atoms with Crippen molar-refractivity contribution in [1.82, 2.24) is 0 Å². The van der Waals surface area contributed by atoms with Crippen molar-refractivity contribution in [3.05, 3.63) is 271 Å². The SMILES string of the molecule is c1ccc(-c2ccc(N(c3ccc(-c4ccccc4)cc3)c3cc4c(cc3-c3ccccc3)-c3c(-c5ccccc5)cccc3C43c4ccccc4-c4ccccc43)cc2)cc1. The van der Waals surface area contributed by atoms with Crippen LogP contribution in [-0.4, -0.2) is 0 Å². The Bertz CT molecular complexity index is 3110. The van der Waals surface area contributed by atoms with E-state index in [-0.39, 0.29) is 0 Å². The van der Waals surface area contributed by atoms with Gasteiger partial charge in [0.2, 0.25) is 0 Å². The highest BCUT2D eigenvalue weighted by molar-refractivity contribution is 6.03. The molecule has 1 nitrogen and oxygen atoms in total. The highest BCUT2D eigenvalue weighted by atomic mass is 15.1. The summed E-state index contributed by atoms with van der Waals surface area (Å²) in [6.07, 6.45) is 0. The molecular formula is C61H41N. The van der Waals surface area contributed by atoms with Gasteiger partial charge in [-0.05, 0) is 120 Å². The Balaban J connectivity index is 1.18. The Kier molecular flexibility index (Phi) is 8.47. The van der Waals surface area contributed by atoms with Crippen molar-refractivity contribution < 1.29 is 0 Å². The van der Waals surface area contributed by atoms with Crippen molar-refractivity contribution in [1.29, 1.82) is 0 Å². The van der Waals surface area contributed by atoms with Crippen LogP contribution in [0.25, 0.3) is 66.8 Å². The van der Waals surface area contributed by atoms with Crippen molar-refractivity contribution in [2.75, 3.05) is 4.90 Å². The van der Waals surface area contributed by atoms with Gasteiger partial charge in [-0.3, -0.25) is 0 Å². The summed E-state index contributed by atoms with van der Waals surface area (Å²) >= 11 is 0. The quantitative estimate of drug-likeness (QED) is 0.155. The van der Waals surface area contributed by atoms with Crippen molar-refractivity contribution in [3.63, 3.8) is 0 Å². The fraction of sp³-hybridized carbons (Fsp3) is 0.0164. The van der Waals surface area contributed by atoms with Crippen molar-refractivity contribution in [2.45, 2.75) is 5.41 Å². The normalized spacial score (nSPS) is 12.6. The van der Waals surface area contributed by atoms with E-state index in [0.717, 1.165) is 17.1 Å². The predicted molar refractivity (Wildman–Crippen MR) is 259 cm³/mol. The molecule has 62 heavy (non-hydrogen) atoms. The molecule has 0 aromatic heterocycles. The maximum absolute atomic E-state index is 2.54. The lowest BCUT2D eigenvalue weighted by atomic mass is 9.70. The van der Waals surface area contributed by atoms with Gasteiger partial charge in [0, 0.05) is 16.9 Å². The zero-order chi connectivity index (χ0) is 41.0. The average molecular weight is 788 g/mol. The molecule has 2 aliphatic carbocycles. The molecule has 0 unspecified atom stereocenters. The molecule has 10 aromatic rings. The predicted octanol–water partition coefficient (Wildman–Crippen LogP) is 16.2. The van der Waals surface area contributed by atoms with E-state index < -0.39 is 5.41 Å². The van der Waals surface area contributed by atoms with Crippen LogP contribution in [0, 0.1) is 0 Å². The highest BCUT2D eigenvalue weighted by Crippen LogP contribution is 2.65. The lowest BCUT2D eigenvalue weighted by molar-refractivity contribution is 0.794. The van der Waals surface area contributed by atoms with Crippen LogP contribution >= 0.6 is 0 Å². The van der Waals surface area contributed by atoms with Crippen LogP contribution in [0.5, 0.6) is 0 Å². The fourth-order valence-electron chi connectivity index (χ4n) is 10.4. The molecule has 2 aliphatic rings. The first kappa shape index (κ1) is 35.9. The molecule has 0 radical (unpaired) electrons. The molecule has 0 saturated heterocycles. The molecule has 1 spiro atoms. The third-order valence-electron chi connectivity index (χ3n) is 13.1. The van der Waals surface area contributed by atoms with Gasteiger partial charge in [0.25, 0.3) is 0 Å². The van der Waals surface area contributed by atoms with Gasteiger partial charge in [0.1, 0.15) is 0 Å². The van der Waals surface area contributed by atoms with Crippen molar-refractivity contribution >= 4 is 17.1 Å². The van der Waals surface area contributed by atoms with E-state index in [1.807, 2.05) is 0 Å². The second kappa shape index (κ2) is 14.6. The van der Waals surface area contributed by atoms with Gasteiger partial charge in [-0.2, -0.15) is 0 Å². The van der Waals surface area contributed by atoms with E-state index in [1.165, 1.54) is 89.0 Å². The third kappa shape index (κ3) is 5.56.